The van der Waals surface area contributed by atoms with Crippen molar-refractivity contribution in [3.8, 4) is 0 Å². The van der Waals surface area contributed by atoms with Gasteiger partial charge < -0.3 is 9.32 Å². The molecule has 0 aromatic carbocycles. The Kier molecular flexibility index (Phi) is 2.15. The molecular weight excluding hydrogens is 126 g/mol. The predicted molar refractivity (Wildman–Crippen MR) is 42.2 cm³/mol. The van der Waals surface area contributed by atoms with Crippen LogP contribution >= 0.6 is 0 Å². The lowest BCUT2D eigenvalue weighted by Gasteiger charge is -2.12. The molecule has 1 rings (SSSR count). The maximum absolute atomic E-state index is 4.91. The molecule has 0 amide bonds. The topological polar surface area (TPSA) is 16.4 Å². The zero-order chi connectivity index (χ0) is 7.40. The molecule has 54 valence electrons. The van der Waals surface area contributed by atoms with E-state index in [4.69, 9.17) is 4.42 Å². The summed E-state index contributed by atoms with van der Waals surface area (Å²) in [5, 5.41) is 0. The Morgan fingerprint density at radius 3 is 3.10 bits per heavy atom. The standard InChI is InChI=1S/C8H11NO/c1-3-5-9(2)8-4-6-10-7-8/h3-4,6-7H,1,5H2,2H3. The Hall–Kier alpha value is -1.18. The van der Waals surface area contributed by atoms with Crippen LogP contribution in [0.1, 0.15) is 0 Å². The minimum Gasteiger partial charge on any atom is -0.470 e. The van der Waals surface area contributed by atoms with Gasteiger partial charge in [-0.1, -0.05) is 6.08 Å². The third-order valence-electron chi connectivity index (χ3n) is 1.35. The van der Waals surface area contributed by atoms with Crippen molar-refractivity contribution in [2.45, 2.75) is 0 Å². The smallest absolute Gasteiger partial charge is 0.114 e. The first-order valence-electron chi connectivity index (χ1n) is 3.19. The second kappa shape index (κ2) is 3.11. The van der Waals surface area contributed by atoms with Gasteiger partial charge in [-0.05, 0) is 6.07 Å². The first-order valence-corrected chi connectivity index (χ1v) is 3.19. The minimum absolute atomic E-state index is 0.847. The summed E-state index contributed by atoms with van der Waals surface area (Å²) in [5.74, 6) is 0. The molecule has 0 unspecified atom stereocenters. The van der Waals surface area contributed by atoms with E-state index in [2.05, 4.69) is 11.5 Å². The summed E-state index contributed by atoms with van der Waals surface area (Å²) in [6.45, 7) is 4.49. The highest BCUT2D eigenvalue weighted by Crippen LogP contribution is 2.11. The molecule has 1 aromatic rings. The summed E-state index contributed by atoms with van der Waals surface area (Å²) < 4.78 is 4.91. The summed E-state index contributed by atoms with van der Waals surface area (Å²) in [6.07, 6.45) is 5.23. The van der Waals surface area contributed by atoms with Crippen LogP contribution in [0.5, 0.6) is 0 Å². The lowest BCUT2D eigenvalue weighted by atomic mass is 10.4. The van der Waals surface area contributed by atoms with Gasteiger partial charge in [0.25, 0.3) is 0 Å². The van der Waals surface area contributed by atoms with E-state index in [0.29, 0.717) is 0 Å². The molecule has 1 aromatic heterocycles. The van der Waals surface area contributed by atoms with Gasteiger partial charge in [-0.3, -0.25) is 0 Å². The van der Waals surface area contributed by atoms with E-state index < -0.39 is 0 Å². The maximum Gasteiger partial charge on any atom is 0.114 e. The summed E-state index contributed by atoms with van der Waals surface area (Å²) in [4.78, 5) is 2.05. The summed E-state index contributed by atoms with van der Waals surface area (Å²) in [5.41, 5.74) is 1.08. The molecule has 0 fully saturated rings. The molecule has 1 heterocycles. The van der Waals surface area contributed by atoms with E-state index in [9.17, 15) is 0 Å². The quantitative estimate of drug-likeness (QED) is 0.591. The van der Waals surface area contributed by atoms with E-state index >= 15 is 0 Å². The fraction of sp³-hybridized carbons (Fsp3) is 0.250. The van der Waals surface area contributed by atoms with E-state index in [1.54, 1.807) is 12.5 Å². The molecule has 0 aliphatic rings. The van der Waals surface area contributed by atoms with E-state index in [1.807, 2.05) is 19.2 Å². The van der Waals surface area contributed by atoms with Crippen LogP contribution in [-0.2, 0) is 0 Å². The monoisotopic (exact) mass is 137 g/mol. The molecule has 0 aliphatic carbocycles. The zero-order valence-electron chi connectivity index (χ0n) is 6.08. The molecule has 0 radical (unpaired) electrons. The Balaban J connectivity index is 2.58. The molecule has 2 heteroatoms. The number of furan rings is 1. The molecule has 0 spiro atoms. The molecule has 0 aliphatic heterocycles. The summed E-state index contributed by atoms with van der Waals surface area (Å²) >= 11 is 0. The average Bonchev–Trinajstić information content (AvgIpc) is 2.38. The van der Waals surface area contributed by atoms with Gasteiger partial charge in [0.1, 0.15) is 6.26 Å². The summed E-state index contributed by atoms with van der Waals surface area (Å²) in [7, 11) is 1.99. The lowest BCUT2D eigenvalue weighted by molar-refractivity contribution is 0.567. The van der Waals surface area contributed by atoms with Gasteiger partial charge in [-0.2, -0.15) is 0 Å². The SMILES string of the molecule is C=CCN(C)c1ccoc1. The van der Waals surface area contributed by atoms with Gasteiger partial charge in [0.05, 0.1) is 12.0 Å². The van der Waals surface area contributed by atoms with Crippen molar-refractivity contribution in [2.24, 2.45) is 0 Å². The minimum atomic E-state index is 0.847. The van der Waals surface area contributed by atoms with Gasteiger partial charge in [0, 0.05) is 13.6 Å². The number of likely N-dealkylation sites (N-methyl/N-ethyl adjacent to an activating group) is 1. The highest BCUT2D eigenvalue weighted by atomic mass is 16.3. The molecule has 0 saturated heterocycles. The van der Waals surface area contributed by atoms with Crippen LogP contribution in [0.3, 0.4) is 0 Å². The van der Waals surface area contributed by atoms with Crippen LogP contribution in [0.2, 0.25) is 0 Å². The van der Waals surface area contributed by atoms with Gasteiger partial charge in [0.15, 0.2) is 0 Å². The fourth-order valence-electron chi connectivity index (χ4n) is 0.774. The maximum atomic E-state index is 4.91. The van der Waals surface area contributed by atoms with Crippen molar-refractivity contribution in [1.29, 1.82) is 0 Å². The van der Waals surface area contributed by atoms with Crippen LogP contribution in [0.25, 0.3) is 0 Å². The Morgan fingerprint density at radius 2 is 2.60 bits per heavy atom. The van der Waals surface area contributed by atoms with Crippen molar-refractivity contribution in [1.82, 2.24) is 0 Å². The lowest BCUT2D eigenvalue weighted by Crippen LogP contribution is -2.15. The Morgan fingerprint density at radius 1 is 1.80 bits per heavy atom. The number of hydrogen-bond donors (Lipinski definition) is 0. The highest BCUT2D eigenvalue weighted by molar-refractivity contribution is 5.42. The van der Waals surface area contributed by atoms with Gasteiger partial charge >= 0.3 is 0 Å². The molecule has 0 atom stereocenters. The Labute approximate surface area is 60.8 Å². The van der Waals surface area contributed by atoms with Crippen molar-refractivity contribution in [3.05, 3.63) is 31.2 Å². The average molecular weight is 137 g/mol. The number of rotatable bonds is 3. The highest BCUT2D eigenvalue weighted by Gasteiger charge is 1.96. The molecular formula is C8H11NO. The first kappa shape index (κ1) is 6.93. The Bertz CT molecular complexity index is 191. The van der Waals surface area contributed by atoms with E-state index in [1.165, 1.54) is 0 Å². The van der Waals surface area contributed by atoms with Crippen LogP contribution in [0.15, 0.2) is 35.7 Å². The third kappa shape index (κ3) is 1.41. The van der Waals surface area contributed by atoms with Gasteiger partial charge in [-0.25, -0.2) is 0 Å². The predicted octanol–water partition coefficient (Wildman–Crippen LogP) is 1.90. The molecule has 0 N–H and O–H groups in total. The van der Waals surface area contributed by atoms with Crippen molar-refractivity contribution < 1.29 is 4.42 Å². The number of anilines is 1. The van der Waals surface area contributed by atoms with Crippen molar-refractivity contribution in [2.75, 3.05) is 18.5 Å². The van der Waals surface area contributed by atoms with Gasteiger partial charge in [0.2, 0.25) is 0 Å². The normalized spacial score (nSPS) is 9.30. The van der Waals surface area contributed by atoms with Crippen LogP contribution < -0.4 is 4.90 Å². The molecule has 0 saturated carbocycles. The largest absolute Gasteiger partial charge is 0.470 e. The number of hydrogen-bond acceptors (Lipinski definition) is 2. The van der Waals surface area contributed by atoms with E-state index in [0.717, 1.165) is 12.2 Å². The molecule has 2 nitrogen and oxygen atoms in total. The van der Waals surface area contributed by atoms with Crippen LogP contribution in [-0.4, -0.2) is 13.6 Å². The van der Waals surface area contributed by atoms with E-state index in [-0.39, 0.29) is 0 Å². The van der Waals surface area contributed by atoms with Crippen LogP contribution in [0, 0.1) is 0 Å². The number of nitrogens with zero attached hydrogens (tertiary/aromatic N) is 1. The second-order valence-corrected chi connectivity index (χ2v) is 2.15. The van der Waals surface area contributed by atoms with Gasteiger partial charge in [-0.15, -0.1) is 6.58 Å². The van der Waals surface area contributed by atoms with Crippen LogP contribution in [0.4, 0.5) is 5.69 Å². The fourth-order valence-corrected chi connectivity index (χ4v) is 0.774. The third-order valence-corrected chi connectivity index (χ3v) is 1.35. The summed E-state index contributed by atoms with van der Waals surface area (Å²) in [6, 6.07) is 1.92. The second-order valence-electron chi connectivity index (χ2n) is 2.15. The molecule has 10 heavy (non-hydrogen) atoms. The molecule has 0 bridgehead atoms. The van der Waals surface area contributed by atoms with Crippen molar-refractivity contribution >= 4 is 5.69 Å². The first-order chi connectivity index (χ1) is 4.84. The zero-order valence-corrected chi connectivity index (χ0v) is 6.08. The van der Waals surface area contributed by atoms with Crippen molar-refractivity contribution in [3.63, 3.8) is 0 Å².